The Labute approximate surface area is 112 Å². The van der Waals surface area contributed by atoms with Crippen molar-refractivity contribution < 1.29 is 4.79 Å². The van der Waals surface area contributed by atoms with Crippen molar-refractivity contribution >= 4 is 23.3 Å². The Balaban J connectivity index is 1.97. The second-order valence-electron chi connectivity index (χ2n) is 4.63. The quantitative estimate of drug-likeness (QED) is 0.885. The number of nitrogens with zero attached hydrogens (tertiary/aromatic N) is 1. The van der Waals surface area contributed by atoms with E-state index in [9.17, 15) is 4.79 Å². The van der Waals surface area contributed by atoms with E-state index in [4.69, 9.17) is 11.6 Å². The topological polar surface area (TPSA) is 54.0 Å². The van der Waals surface area contributed by atoms with E-state index in [1.165, 1.54) is 0 Å². The predicted octanol–water partition coefficient (Wildman–Crippen LogP) is 2.45. The van der Waals surface area contributed by atoms with E-state index in [0.717, 1.165) is 25.8 Å². The molecule has 2 unspecified atom stereocenters. The molecule has 1 fully saturated rings. The standard InChI is InChI=1S/C13H18ClN3O/c1-2-9-5-7-15-11(8-9)13(18)17-12-10(14)4-3-6-16-12/h3-4,6,9,11,15H,2,5,7-8H2,1H3,(H,16,17,18). The lowest BCUT2D eigenvalue weighted by Gasteiger charge is -2.28. The maximum Gasteiger partial charge on any atom is 0.242 e. The van der Waals surface area contributed by atoms with Gasteiger partial charge >= 0.3 is 0 Å². The highest BCUT2D eigenvalue weighted by molar-refractivity contribution is 6.33. The molecule has 2 atom stereocenters. The van der Waals surface area contributed by atoms with E-state index in [1.54, 1.807) is 18.3 Å². The Bertz CT molecular complexity index is 424. The molecule has 1 aliphatic rings. The number of anilines is 1. The molecule has 2 heterocycles. The van der Waals surface area contributed by atoms with Crippen molar-refractivity contribution in [2.24, 2.45) is 5.92 Å². The summed E-state index contributed by atoms with van der Waals surface area (Å²) in [7, 11) is 0. The van der Waals surface area contributed by atoms with Gasteiger partial charge in [-0.25, -0.2) is 4.98 Å². The molecule has 0 radical (unpaired) electrons. The van der Waals surface area contributed by atoms with Gasteiger partial charge in [-0.1, -0.05) is 24.9 Å². The van der Waals surface area contributed by atoms with Gasteiger partial charge in [0.25, 0.3) is 0 Å². The summed E-state index contributed by atoms with van der Waals surface area (Å²) in [6, 6.07) is 3.32. The van der Waals surface area contributed by atoms with Crippen LogP contribution in [0.5, 0.6) is 0 Å². The number of halogens is 1. The number of piperidine rings is 1. The number of rotatable bonds is 3. The van der Waals surface area contributed by atoms with Crippen LogP contribution in [0.2, 0.25) is 5.02 Å². The lowest BCUT2D eigenvalue weighted by molar-refractivity contribution is -0.119. The summed E-state index contributed by atoms with van der Waals surface area (Å²) < 4.78 is 0. The minimum absolute atomic E-state index is 0.0475. The fraction of sp³-hybridized carbons (Fsp3) is 0.538. The Morgan fingerprint density at radius 3 is 3.22 bits per heavy atom. The highest BCUT2D eigenvalue weighted by Crippen LogP contribution is 2.22. The van der Waals surface area contributed by atoms with E-state index < -0.39 is 0 Å². The van der Waals surface area contributed by atoms with Crippen LogP contribution in [0, 0.1) is 5.92 Å². The van der Waals surface area contributed by atoms with E-state index >= 15 is 0 Å². The number of aromatic nitrogens is 1. The van der Waals surface area contributed by atoms with E-state index in [1.807, 2.05) is 0 Å². The first-order valence-electron chi connectivity index (χ1n) is 6.35. The number of amides is 1. The first-order valence-corrected chi connectivity index (χ1v) is 6.73. The Morgan fingerprint density at radius 2 is 2.50 bits per heavy atom. The molecular formula is C13H18ClN3O. The third-order valence-corrected chi connectivity index (χ3v) is 3.71. The van der Waals surface area contributed by atoms with Gasteiger partial charge in [-0.2, -0.15) is 0 Å². The molecule has 18 heavy (non-hydrogen) atoms. The van der Waals surface area contributed by atoms with E-state index in [-0.39, 0.29) is 11.9 Å². The van der Waals surface area contributed by atoms with Crippen LogP contribution >= 0.6 is 11.6 Å². The van der Waals surface area contributed by atoms with Gasteiger partial charge in [0.05, 0.1) is 11.1 Å². The SMILES string of the molecule is CCC1CCNC(C(=O)Nc2ncccc2Cl)C1. The second-order valence-corrected chi connectivity index (χ2v) is 5.04. The summed E-state index contributed by atoms with van der Waals surface area (Å²) in [6.45, 7) is 3.06. The van der Waals surface area contributed by atoms with Crippen molar-refractivity contribution in [3.63, 3.8) is 0 Å². The minimum Gasteiger partial charge on any atom is -0.308 e. The van der Waals surface area contributed by atoms with Gasteiger partial charge in [0.15, 0.2) is 5.82 Å². The maximum absolute atomic E-state index is 12.1. The fourth-order valence-electron chi connectivity index (χ4n) is 2.25. The van der Waals surface area contributed by atoms with Crippen molar-refractivity contribution in [2.75, 3.05) is 11.9 Å². The van der Waals surface area contributed by atoms with E-state index in [2.05, 4.69) is 22.5 Å². The molecule has 98 valence electrons. The number of carbonyl (C=O) groups is 1. The van der Waals surface area contributed by atoms with Crippen molar-refractivity contribution in [1.82, 2.24) is 10.3 Å². The molecule has 1 amide bonds. The van der Waals surface area contributed by atoms with Crippen LogP contribution < -0.4 is 10.6 Å². The summed E-state index contributed by atoms with van der Waals surface area (Å²) >= 11 is 5.97. The van der Waals surface area contributed by atoms with Gasteiger partial charge in [-0.3, -0.25) is 4.79 Å². The number of hydrogen-bond donors (Lipinski definition) is 2. The molecule has 1 saturated heterocycles. The number of pyridine rings is 1. The molecule has 0 saturated carbocycles. The van der Waals surface area contributed by atoms with Crippen LogP contribution in [0.25, 0.3) is 0 Å². The normalized spacial score (nSPS) is 23.7. The molecule has 5 heteroatoms. The lowest BCUT2D eigenvalue weighted by atomic mass is 9.90. The molecule has 0 spiro atoms. The molecule has 1 aliphatic heterocycles. The number of carbonyl (C=O) groups excluding carboxylic acids is 1. The second kappa shape index (κ2) is 6.16. The molecule has 1 aromatic heterocycles. The fourth-order valence-corrected chi connectivity index (χ4v) is 2.42. The van der Waals surface area contributed by atoms with Gasteiger partial charge in [0, 0.05) is 6.20 Å². The molecule has 2 N–H and O–H groups in total. The van der Waals surface area contributed by atoms with Gasteiger partial charge < -0.3 is 10.6 Å². The highest BCUT2D eigenvalue weighted by atomic mass is 35.5. The van der Waals surface area contributed by atoms with Crippen molar-refractivity contribution in [3.05, 3.63) is 23.4 Å². The summed E-state index contributed by atoms with van der Waals surface area (Å²) in [5.74, 6) is 1.01. The largest absolute Gasteiger partial charge is 0.308 e. The molecule has 2 rings (SSSR count). The molecule has 0 aromatic carbocycles. The summed E-state index contributed by atoms with van der Waals surface area (Å²) in [6.07, 6.45) is 4.76. The van der Waals surface area contributed by atoms with Crippen LogP contribution in [-0.4, -0.2) is 23.5 Å². The summed E-state index contributed by atoms with van der Waals surface area (Å²) in [4.78, 5) is 16.2. The number of nitrogens with one attached hydrogen (secondary N) is 2. The van der Waals surface area contributed by atoms with E-state index in [0.29, 0.717) is 16.8 Å². The number of hydrogen-bond acceptors (Lipinski definition) is 3. The zero-order chi connectivity index (χ0) is 13.0. The predicted molar refractivity (Wildman–Crippen MR) is 72.7 cm³/mol. The molecule has 4 nitrogen and oxygen atoms in total. The lowest BCUT2D eigenvalue weighted by Crippen LogP contribution is -2.46. The smallest absolute Gasteiger partial charge is 0.242 e. The average Bonchev–Trinajstić information content (AvgIpc) is 2.41. The average molecular weight is 268 g/mol. The summed E-state index contributed by atoms with van der Waals surface area (Å²) in [5.41, 5.74) is 0. The van der Waals surface area contributed by atoms with Gasteiger partial charge in [0.2, 0.25) is 5.91 Å². The monoisotopic (exact) mass is 267 g/mol. The van der Waals surface area contributed by atoms with Crippen LogP contribution in [0.15, 0.2) is 18.3 Å². The third kappa shape index (κ3) is 3.21. The van der Waals surface area contributed by atoms with Crippen molar-refractivity contribution in [1.29, 1.82) is 0 Å². The van der Waals surface area contributed by atoms with Crippen molar-refractivity contribution in [3.8, 4) is 0 Å². The van der Waals surface area contributed by atoms with Crippen molar-refractivity contribution in [2.45, 2.75) is 32.2 Å². The molecule has 1 aromatic rings. The maximum atomic E-state index is 12.1. The van der Waals surface area contributed by atoms with Gasteiger partial charge in [0.1, 0.15) is 0 Å². The zero-order valence-electron chi connectivity index (χ0n) is 10.4. The van der Waals surface area contributed by atoms with Gasteiger partial charge in [-0.15, -0.1) is 0 Å². The Hall–Kier alpha value is -1.13. The first-order chi connectivity index (χ1) is 8.70. The Morgan fingerprint density at radius 1 is 1.67 bits per heavy atom. The molecular weight excluding hydrogens is 250 g/mol. The minimum atomic E-state index is -0.137. The first kappa shape index (κ1) is 13.3. The molecule has 0 bridgehead atoms. The Kier molecular flexibility index (Phi) is 4.55. The zero-order valence-corrected chi connectivity index (χ0v) is 11.2. The van der Waals surface area contributed by atoms with Crippen LogP contribution in [-0.2, 0) is 4.79 Å². The van der Waals surface area contributed by atoms with Crippen LogP contribution in [0.1, 0.15) is 26.2 Å². The van der Waals surface area contributed by atoms with Gasteiger partial charge in [-0.05, 0) is 37.4 Å². The highest BCUT2D eigenvalue weighted by Gasteiger charge is 2.26. The third-order valence-electron chi connectivity index (χ3n) is 3.41. The van der Waals surface area contributed by atoms with Crippen LogP contribution in [0.4, 0.5) is 5.82 Å². The van der Waals surface area contributed by atoms with Crippen LogP contribution in [0.3, 0.4) is 0 Å². The summed E-state index contributed by atoms with van der Waals surface area (Å²) in [5, 5.41) is 6.49. The molecule has 0 aliphatic carbocycles.